The molecule has 1 N–H and O–H groups in total. The van der Waals surface area contributed by atoms with Crippen molar-refractivity contribution in [2.45, 2.75) is 57.7 Å². The molecular weight excluding hydrogens is 932 g/mol. The Hall–Kier alpha value is -4.75. The number of nitrogens with one attached hydrogen (secondary N) is 1. The first-order valence-corrected chi connectivity index (χ1v) is 27.2. The molecule has 68 heavy (non-hydrogen) atoms. The van der Waals surface area contributed by atoms with Crippen LogP contribution in [-0.4, -0.2) is 106 Å². The van der Waals surface area contributed by atoms with Crippen molar-refractivity contribution in [2.24, 2.45) is 0 Å². The molecule has 0 aliphatic carbocycles. The van der Waals surface area contributed by atoms with Crippen LogP contribution in [-0.2, 0) is 47.1 Å². The SMILES string of the molecule is CS(=O)(=O)OC1CCN(Cc2ccccc2)C1.O=S(=O)(c1ccccc1)c1ccc2c(c1)OCCN2.O=S(=O)(c1ccccc1)c1ccc2c(c1)OCCN2C1CCN(Cc2ccccc2)C1.[H-].[Na+]. The topological polar surface area (TPSA) is 152 Å². The van der Waals surface area contributed by atoms with E-state index in [0.29, 0.717) is 47.1 Å². The summed E-state index contributed by atoms with van der Waals surface area (Å²) in [4.78, 5) is 8.21. The van der Waals surface area contributed by atoms with Gasteiger partial charge in [0, 0.05) is 64.0 Å². The predicted molar refractivity (Wildman–Crippen MR) is 261 cm³/mol. The molecule has 4 aliphatic heterocycles. The van der Waals surface area contributed by atoms with E-state index in [1.54, 1.807) is 84.9 Å². The van der Waals surface area contributed by atoms with Crippen molar-refractivity contribution in [1.29, 1.82) is 0 Å². The second kappa shape index (κ2) is 23.2. The van der Waals surface area contributed by atoms with Crippen molar-refractivity contribution in [2.75, 3.05) is 69.0 Å². The van der Waals surface area contributed by atoms with Gasteiger partial charge in [-0.25, -0.2) is 16.8 Å². The van der Waals surface area contributed by atoms with Gasteiger partial charge in [0.05, 0.1) is 49.9 Å². The number of likely N-dealkylation sites (tertiary alicyclic amines) is 2. The molecule has 0 bridgehead atoms. The first kappa shape index (κ1) is 51.1. The molecule has 17 heteroatoms. The number of benzene rings is 6. The van der Waals surface area contributed by atoms with Gasteiger partial charge < -0.3 is 21.1 Å². The first-order valence-electron chi connectivity index (χ1n) is 22.4. The molecule has 2 atom stereocenters. The summed E-state index contributed by atoms with van der Waals surface area (Å²) in [5.74, 6) is 1.24. The normalized spacial score (nSPS) is 18.1. The second-order valence-corrected chi connectivity index (χ2v) is 22.3. The van der Waals surface area contributed by atoms with E-state index in [1.165, 1.54) is 11.1 Å². The van der Waals surface area contributed by atoms with Crippen molar-refractivity contribution in [3.63, 3.8) is 0 Å². The molecule has 6 aromatic carbocycles. The number of nitrogens with zero attached hydrogens (tertiary/aromatic N) is 3. The Labute approximate surface area is 424 Å². The molecule has 0 saturated carbocycles. The summed E-state index contributed by atoms with van der Waals surface area (Å²) in [6, 6.07) is 48.3. The Morgan fingerprint density at radius 3 is 1.65 bits per heavy atom. The van der Waals surface area contributed by atoms with Gasteiger partial charge in [-0.3, -0.25) is 14.0 Å². The molecule has 354 valence electrons. The van der Waals surface area contributed by atoms with E-state index >= 15 is 0 Å². The number of rotatable bonds is 11. The predicted octanol–water partition coefficient (Wildman–Crippen LogP) is 4.67. The summed E-state index contributed by atoms with van der Waals surface area (Å²) in [6.07, 6.45) is 2.79. The molecule has 4 aliphatic rings. The van der Waals surface area contributed by atoms with Crippen LogP contribution in [0.1, 0.15) is 25.4 Å². The zero-order valence-electron chi connectivity index (χ0n) is 39.4. The van der Waals surface area contributed by atoms with Crippen LogP contribution in [0.4, 0.5) is 11.4 Å². The number of anilines is 2. The van der Waals surface area contributed by atoms with E-state index in [-0.39, 0.29) is 46.9 Å². The third kappa shape index (κ3) is 13.3. The van der Waals surface area contributed by atoms with Gasteiger partial charge in [0.15, 0.2) is 0 Å². The maximum atomic E-state index is 13.0. The Balaban J connectivity index is 0.000000178. The minimum atomic E-state index is -3.56. The third-order valence-electron chi connectivity index (χ3n) is 11.9. The standard InChI is InChI=1S/C25H26N2O3S.C14H13NO3S.C12H17NO3S.Na.H/c28-31(29,22-9-5-2-6-10-22)23-11-12-24-25(17-23)30-16-15-27(24)21-13-14-26(19-21)18-20-7-3-1-4-8-20;16-19(17,11-4-2-1-3-5-11)12-6-7-13-14(10-12)18-9-8-15-13;1-17(14,15)16-12-7-8-13(10-12)9-11-5-3-2-4-6-11;;/h1-12,17,21H,13-16,18-19H2;1-7,10,15H,8-9H2;2-6,12H,7-10H2,1H3;;/q;;;+1;-1. The third-order valence-corrected chi connectivity index (χ3v) is 16.1. The van der Waals surface area contributed by atoms with Gasteiger partial charge in [0.1, 0.15) is 24.7 Å². The smallest absolute Gasteiger partial charge is 1.00 e. The monoisotopic (exact) mass is 988 g/mol. The van der Waals surface area contributed by atoms with E-state index in [9.17, 15) is 25.3 Å². The van der Waals surface area contributed by atoms with Gasteiger partial charge in [-0.1, -0.05) is 97.1 Å². The molecule has 6 aromatic rings. The van der Waals surface area contributed by atoms with Crippen LogP contribution < -0.4 is 49.2 Å². The minimum absolute atomic E-state index is 0. The molecule has 0 amide bonds. The zero-order valence-corrected chi connectivity index (χ0v) is 42.8. The van der Waals surface area contributed by atoms with E-state index < -0.39 is 29.8 Å². The average molecular weight is 989 g/mol. The van der Waals surface area contributed by atoms with E-state index in [2.05, 4.69) is 56.4 Å². The van der Waals surface area contributed by atoms with E-state index in [0.717, 1.165) is 76.3 Å². The number of hydrogen-bond donors (Lipinski definition) is 1. The van der Waals surface area contributed by atoms with Crippen molar-refractivity contribution in [1.82, 2.24) is 9.80 Å². The maximum absolute atomic E-state index is 13.0. The van der Waals surface area contributed by atoms with Crippen LogP contribution in [0, 0.1) is 0 Å². The molecule has 10 rings (SSSR count). The zero-order chi connectivity index (χ0) is 46.9. The number of ether oxygens (including phenoxy) is 2. The molecular formula is C51H57N4NaO9S3. The van der Waals surface area contributed by atoms with Gasteiger partial charge in [0.2, 0.25) is 19.7 Å². The van der Waals surface area contributed by atoms with Crippen LogP contribution in [0.3, 0.4) is 0 Å². The summed E-state index contributed by atoms with van der Waals surface area (Å²) in [7, 11) is -10.4. The summed E-state index contributed by atoms with van der Waals surface area (Å²) < 4.78 is 89.3. The Bertz CT molecular complexity index is 2930. The van der Waals surface area contributed by atoms with Crippen molar-refractivity contribution in [3.8, 4) is 11.5 Å². The van der Waals surface area contributed by atoms with Gasteiger partial charge in [-0.05, 0) is 72.5 Å². The van der Waals surface area contributed by atoms with Crippen molar-refractivity contribution < 1.29 is 69.9 Å². The molecule has 0 aromatic heterocycles. The van der Waals surface area contributed by atoms with Gasteiger partial charge in [-0.15, -0.1) is 0 Å². The van der Waals surface area contributed by atoms with Crippen LogP contribution in [0.25, 0.3) is 0 Å². The quantitative estimate of drug-likeness (QED) is 0.142. The van der Waals surface area contributed by atoms with Gasteiger partial charge >= 0.3 is 29.6 Å². The minimum Gasteiger partial charge on any atom is -1.00 e. The fourth-order valence-corrected chi connectivity index (χ4v) is 11.9. The number of fused-ring (bicyclic) bond motifs is 2. The molecule has 0 radical (unpaired) electrons. The summed E-state index contributed by atoms with van der Waals surface area (Å²) in [5, 5.41) is 3.16. The average Bonchev–Trinajstić information content (AvgIpc) is 4.00. The Morgan fingerprint density at radius 1 is 0.574 bits per heavy atom. The van der Waals surface area contributed by atoms with Crippen LogP contribution in [0.2, 0.25) is 0 Å². The molecule has 13 nitrogen and oxygen atoms in total. The fourth-order valence-electron chi connectivity index (χ4n) is 8.68. The van der Waals surface area contributed by atoms with E-state index in [1.807, 2.05) is 36.4 Å². The van der Waals surface area contributed by atoms with Crippen LogP contribution in [0.15, 0.2) is 177 Å². The van der Waals surface area contributed by atoms with Gasteiger partial charge in [-0.2, -0.15) is 8.42 Å². The molecule has 2 fully saturated rings. The van der Waals surface area contributed by atoms with Crippen LogP contribution in [0.5, 0.6) is 11.5 Å². The molecule has 2 unspecified atom stereocenters. The largest absolute Gasteiger partial charge is 1.00 e. The summed E-state index contributed by atoms with van der Waals surface area (Å²) in [5.41, 5.74) is 4.40. The van der Waals surface area contributed by atoms with Crippen LogP contribution >= 0.6 is 0 Å². The number of sulfone groups is 2. The van der Waals surface area contributed by atoms with E-state index in [4.69, 9.17) is 13.7 Å². The van der Waals surface area contributed by atoms with Crippen molar-refractivity contribution in [3.05, 3.63) is 169 Å². The molecule has 2 saturated heterocycles. The summed E-state index contributed by atoms with van der Waals surface area (Å²) >= 11 is 0. The van der Waals surface area contributed by atoms with Crippen molar-refractivity contribution >= 4 is 41.2 Å². The van der Waals surface area contributed by atoms with Gasteiger partial charge in [0.25, 0.3) is 10.1 Å². The summed E-state index contributed by atoms with van der Waals surface area (Å²) in [6.45, 7) is 8.10. The Morgan fingerprint density at radius 2 is 1.07 bits per heavy atom. The molecule has 0 spiro atoms. The fraction of sp³-hybridized carbons (Fsp3) is 0.294. The molecule has 4 heterocycles. The first-order chi connectivity index (χ1) is 32.3. The number of hydrogen-bond acceptors (Lipinski definition) is 13. The second-order valence-electron chi connectivity index (χ2n) is 16.8. The maximum Gasteiger partial charge on any atom is 1.00 e. The Kier molecular flexibility index (Phi) is 17.5.